The standard InChI is InChI=1S/C10H15N3O2S/c14-16(15)5-1-2-10(7-16)12-6-9-3-4-11-8-13-9/h3-4,8,10,12H,1-2,5-7H2. The molecule has 0 radical (unpaired) electrons. The molecule has 16 heavy (non-hydrogen) atoms. The van der Waals surface area contributed by atoms with Crippen LogP contribution in [0.1, 0.15) is 18.5 Å². The molecule has 2 heterocycles. The van der Waals surface area contributed by atoms with E-state index in [0.717, 1.165) is 18.5 Å². The van der Waals surface area contributed by atoms with Crippen molar-refractivity contribution in [3.8, 4) is 0 Å². The molecule has 0 aliphatic carbocycles. The normalized spacial score (nSPS) is 24.1. The van der Waals surface area contributed by atoms with Gasteiger partial charge in [-0.2, -0.15) is 0 Å². The summed E-state index contributed by atoms with van der Waals surface area (Å²) in [6.07, 6.45) is 4.85. The summed E-state index contributed by atoms with van der Waals surface area (Å²) in [4.78, 5) is 7.90. The third-order valence-corrected chi connectivity index (χ3v) is 4.50. The molecule has 5 nitrogen and oxygen atoms in total. The first-order chi connectivity index (χ1) is 7.66. The molecule has 1 aromatic rings. The molecular weight excluding hydrogens is 226 g/mol. The fraction of sp³-hybridized carbons (Fsp3) is 0.600. The molecule has 1 aromatic heterocycles. The minimum absolute atomic E-state index is 0.0636. The van der Waals surface area contributed by atoms with Gasteiger partial charge in [-0.05, 0) is 18.9 Å². The minimum atomic E-state index is -2.83. The van der Waals surface area contributed by atoms with Crippen LogP contribution in [0.5, 0.6) is 0 Å². The highest BCUT2D eigenvalue weighted by Gasteiger charge is 2.24. The molecule has 1 fully saturated rings. The van der Waals surface area contributed by atoms with Crippen LogP contribution in [0.15, 0.2) is 18.6 Å². The highest BCUT2D eigenvalue weighted by atomic mass is 32.2. The van der Waals surface area contributed by atoms with Crippen LogP contribution in [-0.2, 0) is 16.4 Å². The van der Waals surface area contributed by atoms with Crippen LogP contribution in [-0.4, -0.2) is 35.9 Å². The number of aromatic nitrogens is 2. The van der Waals surface area contributed by atoms with Gasteiger partial charge in [-0.25, -0.2) is 18.4 Å². The Kier molecular flexibility index (Phi) is 3.50. The molecule has 2 rings (SSSR count). The van der Waals surface area contributed by atoms with Gasteiger partial charge < -0.3 is 5.32 Å². The Labute approximate surface area is 95.2 Å². The molecule has 0 aromatic carbocycles. The first-order valence-electron chi connectivity index (χ1n) is 5.34. The SMILES string of the molecule is O=S1(=O)CCCC(NCc2ccncn2)C1. The van der Waals surface area contributed by atoms with E-state index in [2.05, 4.69) is 15.3 Å². The Hall–Kier alpha value is -1.01. The smallest absolute Gasteiger partial charge is 0.151 e. The molecule has 0 amide bonds. The molecule has 0 saturated carbocycles. The Balaban J connectivity index is 1.87. The van der Waals surface area contributed by atoms with E-state index in [0.29, 0.717) is 12.3 Å². The van der Waals surface area contributed by atoms with Gasteiger partial charge in [0, 0.05) is 18.8 Å². The van der Waals surface area contributed by atoms with Crippen molar-refractivity contribution in [1.82, 2.24) is 15.3 Å². The van der Waals surface area contributed by atoms with E-state index < -0.39 is 9.84 Å². The van der Waals surface area contributed by atoms with Crippen LogP contribution in [0.3, 0.4) is 0 Å². The molecule has 6 heteroatoms. The zero-order valence-corrected chi connectivity index (χ0v) is 9.78. The predicted molar refractivity (Wildman–Crippen MR) is 60.5 cm³/mol. The fourth-order valence-electron chi connectivity index (χ4n) is 1.86. The quantitative estimate of drug-likeness (QED) is 0.815. The lowest BCUT2D eigenvalue weighted by Crippen LogP contribution is -2.39. The number of hydrogen-bond acceptors (Lipinski definition) is 5. The topological polar surface area (TPSA) is 72.0 Å². The van der Waals surface area contributed by atoms with Gasteiger partial charge in [-0.1, -0.05) is 0 Å². The Morgan fingerprint density at radius 1 is 1.50 bits per heavy atom. The highest BCUT2D eigenvalue weighted by Crippen LogP contribution is 2.12. The van der Waals surface area contributed by atoms with Crippen molar-refractivity contribution in [2.45, 2.75) is 25.4 Å². The number of nitrogens with zero attached hydrogens (tertiary/aromatic N) is 2. The first kappa shape index (κ1) is 11.5. The van der Waals surface area contributed by atoms with Crippen LogP contribution in [0.2, 0.25) is 0 Å². The molecular formula is C10H15N3O2S. The van der Waals surface area contributed by atoms with Gasteiger partial charge in [-0.15, -0.1) is 0 Å². The van der Waals surface area contributed by atoms with Crippen molar-refractivity contribution >= 4 is 9.84 Å². The summed E-state index contributed by atoms with van der Waals surface area (Å²) in [5.41, 5.74) is 0.887. The lowest BCUT2D eigenvalue weighted by atomic mass is 10.2. The number of sulfone groups is 1. The Bertz CT molecular complexity index is 433. The van der Waals surface area contributed by atoms with Gasteiger partial charge in [0.1, 0.15) is 6.33 Å². The number of nitrogens with one attached hydrogen (secondary N) is 1. The lowest BCUT2D eigenvalue weighted by Gasteiger charge is -2.22. The molecule has 1 atom stereocenters. The summed E-state index contributed by atoms with van der Waals surface area (Å²) in [5, 5.41) is 3.22. The van der Waals surface area contributed by atoms with Gasteiger partial charge in [0.2, 0.25) is 0 Å². The van der Waals surface area contributed by atoms with E-state index in [9.17, 15) is 8.42 Å². The Morgan fingerprint density at radius 2 is 2.38 bits per heavy atom. The van der Waals surface area contributed by atoms with Crippen molar-refractivity contribution < 1.29 is 8.42 Å². The summed E-state index contributed by atoms with van der Waals surface area (Å²) in [6, 6.07) is 1.89. The summed E-state index contributed by atoms with van der Waals surface area (Å²) in [7, 11) is -2.83. The Morgan fingerprint density at radius 3 is 3.06 bits per heavy atom. The molecule has 1 saturated heterocycles. The van der Waals surface area contributed by atoms with Crippen LogP contribution in [0.25, 0.3) is 0 Å². The third kappa shape index (κ3) is 3.24. The average molecular weight is 241 g/mol. The first-order valence-corrected chi connectivity index (χ1v) is 7.16. The van der Waals surface area contributed by atoms with Gasteiger partial charge in [-0.3, -0.25) is 0 Å². The summed E-state index contributed by atoms with van der Waals surface area (Å²) in [6.45, 7) is 0.600. The molecule has 1 aliphatic rings. The van der Waals surface area contributed by atoms with E-state index in [1.165, 1.54) is 6.33 Å². The molecule has 1 N–H and O–H groups in total. The maximum Gasteiger partial charge on any atom is 0.151 e. The average Bonchev–Trinajstić information content (AvgIpc) is 2.27. The fourth-order valence-corrected chi connectivity index (χ4v) is 3.53. The van der Waals surface area contributed by atoms with Gasteiger partial charge in [0.25, 0.3) is 0 Å². The monoisotopic (exact) mass is 241 g/mol. The zero-order chi connectivity index (χ0) is 11.4. The highest BCUT2D eigenvalue weighted by molar-refractivity contribution is 7.91. The van der Waals surface area contributed by atoms with Gasteiger partial charge >= 0.3 is 0 Å². The van der Waals surface area contributed by atoms with Crippen molar-refractivity contribution in [1.29, 1.82) is 0 Å². The molecule has 0 bridgehead atoms. The van der Waals surface area contributed by atoms with Crippen LogP contribution in [0.4, 0.5) is 0 Å². The maximum atomic E-state index is 11.4. The molecule has 88 valence electrons. The van der Waals surface area contributed by atoms with Gasteiger partial charge in [0.05, 0.1) is 17.2 Å². The minimum Gasteiger partial charge on any atom is -0.307 e. The number of hydrogen-bond donors (Lipinski definition) is 1. The summed E-state index contributed by atoms with van der Waals surface area (Å²) < 4.78 is 22.8. The van der Waals surface area contributed by atoms with Crippen molar-refractivity contribution in [2.24, 2.45) is 0 Å². The summed E-state index contributed by atoms with van der Waals surface area (Å²) >= 11 is 0. The van der Waals surface area contributed by atoms with E-state index in [1.807, 2.05) is 6.07 Å². The van der Waals surface area contributed by atoms with Crippen LogP contribution in [0, 0.1) is 0 Å². The molecule has 1 unspecified atom stereocenters. The molecule has 1 aliphatic heterocycles. The van der Waals surface area contributed by atoms with Crippen LogP contribution < -0.4 is 5.32 Å². The molecule has 0 spiro atoms. The summed E-state index contributed by atoms with van der Waals surface area (Å²) in [5.74, 6) is 0.580. The van der Waals surface area contributed by atoms with E-state index >= 15 is 0 Å². The van der Waals surface area contributed by atoms with Crippen molar-refractivity contribution in [3.05, 3.63) is 24.3 Å². The van der Waals surface area contributed by atoms with Crippen LogP contribution >= 0.6 is 0 Å². The third-order valence-electron chi connectivity index (χ3n) is 2.68. The number of rotatable bonds is 3. The van der Waals surface area contributed by atoms with E-state index in [4.69, 9.17) is 0 Å². The maximum absolute atomic E-state index is 11.4. The second kappa shape index (κ2) is 4.88. The lowest BCUT2D eigenvalue weighted by molar-refractivity contribution is 0.477. The van der Waals surface area contributed by atoms with Crippen molar-refractivity contribution in [3.63, 3.8) is 0 Å². The van der Waals surface area contributed by atoms with Crippen molar-refractivity contribution in [2.75, 3.05) is 11.5 Å². The zero-order valence-electron chi connectivity index (χ0n) is 8.96. The van der Waals surface area contributed by atoms with E-state index in [-0.39, 0.29) is 11.8 Å². The largest absolute Gasteiger partial charge is 0.307 e. The second-order valence-corrected chi connectivity index (χ2v) is 6.26. The predicted octanol–water partition coefficient (Wildman–Crippen LogP) is 0.143. The van der Waals surface area contributed by atoms with Gasteiger partial charge in [0.15, 0.2) is 9.84 Å². The second-order valence-electron chi connectivity index (χ2n) is 4.04. The van der Waals surface area contributed by atoms with E-state index in [1.54, 1.807) is 6.20 Å².